The van der Waals surface area contributed by atoms with Crippen molar-refractivity contribution in [2.75, 3.05) is 33.7 Å². The number of rotatable bonds is 15. The maximum Gasteiger partial charge on any atom is 0.0800 e. The van der Waals surface area contributed by atoms with Crippen LogP contribution in [0.5, 0.6) is 0 Å². The summed E-state index contributed by atoms with van der Waals surface area (Å²) in [5.41, 5.74) is 0. The molecule has 0 unspecified atom stereocenters. The maximum absolute atomic E-state index is 4.47. The second-order valence-electron chi connectivity index (χ2n) is 7.09. The van der Waals surface area contributed by atoms with Gasteiger partial charge in [-0.25, -0.2) is 0 Å². The van der Waals surface area contributed by atoms with Crippen molar-refractivity contribution in [3.8, 4) is 0 Å². The summed E-state index contributed by atoms with van der Waals surface area (Å²) < 4.78 is 1.17. The van der Waals surface area contributed by atoms with E-state index in [9.17, 15) is 0 Å². The molecule has 0 fully saturated rings. The molecule has 0 aromatic rings. The van der Waals surface area contributed by atoms with Crippen molar-refractivity contribution in [1.82, 2.24) is 0 Å². The molecule has 0 saturated heterocycles. The second-order valence-corrected chi connectivity index (χ2v) is 7.09. The van der Waals surface area contributed by atoms with E-state index >= 15 is 0 Å². The molecular weight excluding hydrogens is 256 g/mol. The molecule has 0 radical (unpaired) electrons. The van der Waals surface area contributed by atoms with E-state index in [1.807, 2.05) is 0 Å². The predicted octanol–water partition coefficient (Wildman–Crippen LogP) is 5.46. The maximum atomic E-state index is 4.47. The number of hydrogen-bond donors (Lipinski definition) is 0. The average molecular weight is 298 g/mol. The minimum atomic E-state index is 1.01. The van der Waals surface area contributed by atoms with E-state index < -0.39 is 0 Å². The zero-order valence-corrected chi connectivity index (χ0v) is 15.4. The van der Waals surface area contributed by atoms with Crippen LogP contribution in [0.25, 0.3) is 0 Å². The standard InChI is InChI=1S/C19H41N2/c1-5-7-9-10-11-12-13-14-18-21(3,4)19-15-17-20-16-8-6-2/h16H,5-15,17-19H2,1-4H3/q+1. The molecule has 0 rings (SSSR count). The van der Waals surface area contributed by atoms with Gasteiger partial charge >= 0.3 is 0 Å². The molecule has 0 aromatic carbocycles. The van der Waals surface area contributed by atoms with Crippen LogP contribution in [0.1, 0.15) is 84.5 Å². The Morgan fingerprint density at radius 3 is 1.90 bits per heavy atom. The van der Waals surface area contributed by atoms with E-state index in [-0.39, 0.29) is 0 Å². The largest absolute Gasteiger partial charge is 0.328 e. The van der Waals surface area contributed by atoms with Gasteiger partial charge in [0.25, 0.3) is 0 Å². The fourth-order valence-corrected chi connectivity index (χ4v) is 2.69. The molecule has 21 heavy (non-hydrogen) atoms. The Hall–Kier alpha value is -0.370. The van der Waals surface area contributed by atoms with E-state index in [1.165, 1.54) is 81.8 Å². The normalized spacial score (nSPS) is 12.4. The van der Waals surface area contributed by atoms with Gasteiger partial charge < -0.3 is 4.48 Å². The Kier molecular flexibility index (Phi) is 14.3. The van der Waals surface area contributed by atoms with E-state index in [0.29, 0.717) is 0 Å². The molecule has 0 atom stereocenters. The molecule has 0 aliphatic carbocycles. The minimum Gasteiger partial charge on any atom is -0.328 e. The van der Waals surface area contributed by atoms with Crippen LogP contribution in [0.2, 0.25) is 0 Å². The van der Waals surface area contributed by atoms with E-state index in [4.69, 9.17) is 0 Å². The highest BCUT2D eigenvalue weighted by molar-refractivity contribution is 5.56. The van der Waals surface area contributed by atoms with Gasteiger partial charge in [0.2, 0.25) is 0 Å². The first-order valence-corrected chi connectivity index (χ1v) is 9.42. The number of hydrogen-bond acceptors (Lipinski definition) is 1. The molecule has 0 spiro atoms. The lowest BCUT2D eigenvalue weighted by Gasteiger charge is -2.29. The Labute approximate surface area is 134 Å². The third-order valence-corrected chi connectivity index (χ3v) is 4.21. The quantitative estimate of drug-likeness (QED) is 0.216. The van der Waals surface area contributed by atoms with Gasteiger partial charge in [-0.05, 0) is 25.5 Å². The zero-order chi connectivity index (χ0) is 15.8. The van der Waals surface area contributed by atoms with Crippen molar-refractivity contribution >= 4 is 6.21 Å². The van der Waals surface area contributed by atoms with Crippen LogP contribution in [-0.2, 0) is 0 Å². The molecule has 0 amide bonds. The summed E-state index contributed by atoms with van der Waals surface area (Å²) in [7, 11) is 4.74. The van der Waals surface area contributed by atoms with Gasteiger partial charge in [0.05, 0.1) is 27.2 Å². The van der Waals surface area contributed by atoms with Crippen LogP contribution >= 0.6 is 0 Å². The SMILES string of the molecule is CCCC=NCCC[N+](C)(C)CCCCCCCCCC. The predicted molar refractivity (Wildman–Crippen MR) is 97.3 cm³/mol. The number of aliphatic imine (C=N–C) groups is 1. The number of quaternary nitrogens is 1. The molecule has 0 aliphatic heterocycles. The summed E-state index contributed by atoms with van der Waals surface area (Å²) in [5, 5.41) is 0. The summed E-state index contributed by atoms with van der Waals surface area (Å²) >= 11 is 0. The summed E-state index contributed by atoms with van der Waals surface area (Å²) in [5.74, 6) is 0. The van der Waals surface area contributed by atoms with Crippen LogP contribution in [-0.4, -0.2) is 44.4 Å². The van der Waals surface area contributed by atoms with Gasteiger partial charge in [-0.15, -0.1) is 0 Å². The molecule has 0 N–H and O–H groups in total. The van der Waals surface area contributed by atoms with Crippen LogP contribution in [0.15, 0.2) is 4.99 Å². The van der Waals surface area contributed by atoms with Gasteiger partial charge in [-0.1, -0.05) is 58.8 Å². The fourth-order valence-electron chi connectivity index (χ4n) is 2.69. The lowest BCUT2D eigenvalue weighted by Crippen LogP contribution is -2.41. The van der Waals surface area contributed by atoms with Crippen LogP contribution in [0.3, 0.4) is 0 Å². The summed E-state index contributed by atoms with van der Waals surface area (Å²) in [4.78, 5) is 4.47. The smallest absolute Gasteiger partial charge is 0.0800 e. The monoisotopic (exact) mass is 297 g/mol. The average Bonchev–Trinajstić information content (AvgIpc) is 2.45. The number of nitrogens with zero attached hydrogens (tertiary/aromatic N) is 2. The highest BCUT2D eigenvalue weighted by atomic mass is 15.3. The van der Waals surface area contributed by atoms with Crippen LogP contribution in [0.4, 0.5) is 0 Å². The van der Waals surface area contributed by atoms with Crippen molar-refractivity contribution in [3.05, 3.63) is 0 Å². The Morgan fingerprint density at radius 1 is 0.714 bits per heavy atom. The van der Waals surface area contributed by atoms with Gasteiger partial charge in [0.1, 0.15) is 0 Å². The highest BCUT2D eigenvalue weighted by Gasteiger charge is 2.13. The highest BCUT2D eigenvalue weighted by Crippen LogP contribution is 2.10. The number of unbranched alkanes of at least 4 members (excludes halogenated alkanes) is 8. The summed E-state index contributed by atoms with van der Waals surface area (Å²) in [6.07, 6.45) is 17.0. The first-order chi connectivity index (χ1) is 10.1. The van der Waals surface area contributed by atoms with E-state index in [1.54, 1.807) is 0 Å². The van der Waals surface area contributed by atoms with Crippen molar-refractivity contribution in [1.29, 1.82) is 0 Å². The Balaban J connectivity index is 3.42. The molecule has 2 nitrogen and oxygen atoms in total. The lowest BCUT2D eigenvalue weighted by molar-refractivity contribution is -0.890. The zero-order valence-electron chi connectivity index (χ0n) is 15.4. The lowest BCUT2D eigenvalue weighted by atomic mass is 10.1. The third-order valence-electron chi connectivity index (χ3n) is 4.21. The molecule has 0 heterocycles. The third kappa shape index (κ3) is 15.8. The first-order valence-electron chi connectivity index (χ1n) is 9.42. The summed E-state index contributed by atoms with van der Waals surface area (Å²) in [6, 6.07) is 0. The van der Waals surface area contributed by atoms with Crippen LogP contribution in [0, 0.1) is 0 Å². The van der Waals surface area contributed by atoms with Gasteiger partial charge in [-0.3, -0.25) is 4.99 Å². The molecule has 0 bridgehead atoms. The van der Waals surface area contributed by atoms with Gasteiger partial charge in [-0.2, -0.15) is 0 Å². The first kappa shape index (κ1) is 20.6. The second kappa shape index (κ2) is 14.6. The minimum absolute atomic E-state index is 1.01. The van der Waals surface area contributed by atoms with Gasteiger partial charge in [0.15, 0.2) is 0 Å². The summed E-state index contributed by atoms with van der Waals surface area (Å²) in [6.45, 7) is 8.09. The van der Waals surface area contributed by atoms with Crippen molar-refractivity contribution in [3.63, 3.8) is 0 Å². The Bertz CT molecular complexity index is 234. The van der Waals surface area contributed by atoms with Crippen molar-refractivity contribution < 1.29 is 4.48 Å². The van der Waals surface area contributed by atoms with Gasteiger partial charge in [0, 0.05) is 13.0 Å². The fraction of sp³-hybridized carbons (Fsp3) is 0.947. The van der Waals surface area contributed by atoms with E-state index in [0.717, 1.165) is 13.0 Å². The topological polar surface area (TPSA) is 12.4 Å². The van der Waals surface area contributed by atoms with Crippen molar-refractivity contribution in [2.45, 2.75) is 84.5 Å². The molecule has 0 aliphatic rings. The van der Waals surface area contributed by atoms with Crippen molar-refractivity contribution in [2.24, 2.45) is 4.99 Å². The molecule has 0 saturated carbocycles. The molecule has 0 aromatic heterocycles. The Morgan fingerprint density at radius 2 is 1.29 bits per heavy atom. The van der Waals surface area contributed by atoms with E-state index in [2.05, 4.69) is 39.1 Å². The molecular formula is C19H41N2+. The molecule has 2 heteroatoms. The van der Waals surface area contributed by atoms with Crippen LogP contribution < -0.4 is 0 Å². The molecule has 126 valence electrons.